The molecule has 0 saturated carbocycles. The number of thiophene rings is 1. The Labute approximate surface area is 202 Å². The number of rotatable bonds is 9. The molecule has 7 nitrogen and oxygen atoms in total. The van der Waals surface area contributed by atoms with Crippen molar-refractivity contribution >= 4 is 28.8 Å². The monoisotopic (exact) mass is 472 g/mol. The van der Waals surface area contributed by atoms with Crippen LogP contribution in [0.25, 0.3) is 0 Å². The first kappa shape index (κ1) is 23.1. The topological polar surface area (TPSA) is 84.4 Å². The van der Waals surface area contributed by atoms with E-state index < -0.39 is 6.04 Å². The van der Waals surface area contributed by atoms with Crippen LogP contribution in [0.5, 0.6) is 5.75 Å². The van der Waals surface area contributed by atoms with Crippen molar-refractivity contribution in [1.82, 2.24) is 15.3 Å². The van der Waals surface area contributed by atoms with Crippen molar-refractivity contribution in [1.29, 1.82) is 0 Å². The summed E-state index contributed by atoms with van der Waals surface area (Å²) in [6.45, 7) is 0.310. The standard InChI is InChI=1S/C26H24N4O3S/c1-33-22-8-6-19(7-9-22)17-29-26(32)25(20-10-13-27-14-11-20)30(21-4-2-12-28-18-21)24(31)16-23-5-3-15-34-23/h2-15,18,25H,16-17H2,1H3,(H,29,32)/t25-/m1/s1. The molecule has 1 atom stereocenters. The van der Waals surface area contributed by atoms with Gasteiger partial charge in [0.1, 0.15) is 11.8 Å². The highest BCUT2D eigenvalue weighted by atomic mass is 32.1. The van der Waals surface area contributed by atoms with Crippen molar-refractivity contribution in [3.05, 3.63) is 107 Å². The van der Waals surface area contributed by atoms with E-state index in [1.54, 1.807) is 56.2 Å². The normalized spacial score (nSPS) is 11.4. The molecule has 0 spiro atoms. The summed E-state index contributed by atoms with van der Waals surface area (Å²) < 4.78 is 5.20. The zero-order valence-corrected chi connectivity index (χ0v) is 19.4. The quantitative estimate of drug-likeness (QED) is 0.395. The highest BCUT2D eigenvalue weighted by Gasteiger charge is 2.33. The maximum atomic E-state index is 13.6. The number of ether oxygens (including phenoxy) is 1. The first-order valence-electron chi connectivity index (χ1n) is 10.7. The van der Waals surface area contributed by atoms with Crippen molar-refractivity contribution in [2.24, 2.45) is 0 Å². The number of nitrogens with zero attached hydrogens (tertiary/aromatic N) is 3. The van der Waals surface area contributed by atoms with Crippen LogP contribution >= 0.6 is 11.3 Å². The van der Waals surface area contributed by atoms with Crippen LogP contribution in [0.4, 0.5) is 5.69 Å². The lowest BCUT2D eigenvalue weighted by Crippen LogP contribution is -2.44. The number of hydrogen-bond acceptors (Lipinski definition) is 6. The van der Waals surface area contributed by atoms with Crippen LogP contribution < -0.4 is 15.0 Å². The third-order valence-corrected chi connectivity index (χ3v) is 6.13. The second kappa shape index (κ2) is 11.2. The molecule has 0 aliphatic carbocycles. The Morgan fingerprint density at radius 1 is 1.00 bits per heavy atom. The lowest BCUT2D eigenvalue weighted by molar-refractivity contribution is -0.126. The number of anilines is 1. The van der Waals surface area contributed by atoms with Gasteiger partial charge >= 0.3 is 0 Å². The average Bonchev–Trinajstić information content (AvgIpc) is 3.40. The molecule has 172 valence electrons. The maximum Gasteiger partial charge on any atom is 0.248 e. The number of amides is 2. The van der Waals surface area contributed by atoms with Gasteiger partial charge in [0.2, 0.25) is 11.8 Å². The highest BCUT2D eigenvalue weighted by molar-refractivity contribution is 7.10. The Morgan fingerprint density at radius 3 is 2.44 bits per heavy atom. The van der Waals surface area contributed by atoms with E-state index in [1.165, 1.54) is 16.2 Å². The molecular weight excluding hydrogens is 448 g/mol. The maximum absolute atomic E-state index is 13.6. The van der Waals surface area contributed by atoms with Crippen LogP contribution in [0.15, 0.2) is 90.8 Å². The summed E-state index contributed by atoms with van der Waals surface area (Å²) in [5, 5.41) is 4.92. The van der Waals surface area contributed by atoms with Gasteiger partial charge < -0.3 is 10.1 Å². The molecule has 0 unspecified atom stereocenters. The molecule has 8 heteroatoms. The van der Waals surface area contributed by atoms with E-state index in [9.17, 15) is 9.59 Å². The molecule has 3 aromatic heterocycles. The van der Waals surface area contributed by atoms with Gasteiger partial charge in [-0.3, -0.25) is 24.5 Å². The van der Waals surface area contributed by atoms with Gasteiger partial charge in [0, 0.05) is 30.0 Å². The fraction of sp³-hybridized carbons (Fsp3) is 0.154. The summed E-state index contributed by atoms with van der Waals surface area (Å²) >= 11 is 1.51. The molecule has 0 aliphatic rings. The Bertz CT molecular complexity index is 1200. The first-order valence-corrected chi connectivity index (χ1v) is 11.6. The molecule has 3 heterocycles. The predicted molar refractivity (Wildman–Crippen MR) is 132 cm³/mol. The zero-order valence-electron chi connectivity index (χ0n) is 18.6. The van der Waals surface area contributed by atoms with Gasteiger partial charge in [-0.25, -0.2) is 0 Å². The minimum absolute atomic E-state index is 0.180. The van der Waals surface area contributed by atoms with Gasteiger partial charge in [0.15, 0.2) is 0 Å². The molecule has 0 saturated heterocycles. The van der Waals surface area contributed by atoms with Gasteiger partial charge in [-0.05, 0) is 59.0 Å². The second-order valence-corrected chi connectivity index (χ2v) is 8.51. The second-order valence-electron chi connectivity index (χ2n) is 7.48. The van der Waals surface area contributed by atoms with Gasteiger partial charge in [-0.1, -0.05) is 18.2 Å². The molecule has 2 amide bonds. The number of pyridine rings is 2. The minimum atomic E-state index is -0.891. The van der Waals surface area contributed by atoms with Crippen molar-refractivity contribution in [2.75, 3.05) is 12.0 Å². The fourth-order valence-corrected chi connectivity index (χ4v) is 4.27. The molecule has 0 radical (unpaired) electrons. The lowest BCUT2D eigenvalue weighted by atomic mass is 10.0. The smallest absolute Gasteiger partial charge is 0.248 e. The van der Waals surface area contributed by atoms with E-state index >= 15 is 0 Å². The molecule has 4 aromatic rings. The summed E-state index contributed by atoms with van der Waals surface area (Å²) in [6, 6.07) is 17.4. The van der Waals surface area contributed by atoms with Crippen molar-refractivity contribution in [3.8, 4) is 5.75 Å². The van der Waals surface area contributed by atoms with Gasteiger partial charge in [0.25, 0.3) is 0 Å². The van der Waals surface area contributed by atoms with Crippen LogP contribution in [0.1, 0.15) is 22.0 Å². The number of carbonyl (C=O) groups is 2. The van der Waals surface area contributed by atoms with E-state index in [1.807, 2.05) is 41.8 Å². The number of benzene rings is 1. The van der Waals surface area contributed by atoms with Crippen molar-refractivity contribution < 1.29 is 14.3 Å². The van der Waals surface area contributed by atoms with E-state index in [4.69, 9.17) is 4.74 Å². The van der Waals surface area contributed by atoms with Crippen LogP contribution in [0.3, 0.4) is 0 Å². The van der Waals surface area contributed by atoms with Crippen LogP contribution in [-0.2, 0) is 22.6 Å². The Morgan fingerprint density at radius 2 is 1.79 bits per heavy atom. The highest BCUT2D eigenvalue weighted by Crippen LogP contribution is 2.28. The fourth-order valence-electron chi connectivity index (χ4n) is 3.57. The van der Waals surface area contributed by atoms with E-state index in [0.717, 1.165) is 16.2 Å². The summed E-state index contributed by atoms with van der Waals surface area (Å²) in [4.78, 5) is 37.9. The van der Waals surface area contributed by atoms with Crippen molar-refractivity contribution in [2.45, 2.75) is 19.0 Å². The third kappa shape index (κ3) is 5.65. The van der Waals surface area contributed by atoms with E-state index in [0.29, 0.717) is 17.8 Å². The average molecular weight is 473 g/mol. The van der Waals surface area contributed by atoms with Crippen LogP contribution in [-0.4, -0.2) is 28.9 Å². The largest absolute Gasteiger partial charge is 0.497 e. The van der Waals surface area contributed by atoms with Crippen LogP contribution in [0.2, 0.25) is 0 Å². The summed E-state index contributed by atoms with van der Waals surface area (Å²) in [5.74, 6) is 0.244. The van der Waals surface area contributed by atoms with Crippen molar-refractivity contribution in [3.63, 3.8) is 0 Å². The molecule has 4 rings (SSSR count). The first-order chi connectivity index (χ1) is 16.7. The predicted octanol–water partition coefficient (Wildman–Crippen LogP) is 4.18. The minimum Gasteiger partial charge on any atom is -0.497 e. The summed E-state index contributed by atoms with van der Waals surface area (Å²) in [6.07, 6.45) is 6.64. The number of hydrogen-bond donors (Lipinski definition) is 1. The molecule has 0 aliphatic heterocycles. The molecule has 1 aromatic carbocycles. The third-order valence-electron chi connectivity index (χ3n) is 5.25. The Hall–Kier alpha value is -4.04. The van der Waals surface area contributed by atoms with Gasteiger partial charge in [-0.15, -0.1) is 11.3 Å². The lowest BCUT2D eigenvalue weighted by Gasteiger charge is -2.31. The molecule has 0 bridgehead atoms. The summed E-state index contributed by atoms with van der Waals surface area (Å²) in [7, 11) is 1.61. The van der Waals surface area contributed by atoms with E-state index in [2.05, 4.69) is 15.3 Å². The molecule has 1 N–H and O–H groups in total. The van der Waals surface area contributed by atoms with Crippen LogP contribution in [0, 0.1) is 0 Å². The van der Waals surface area contributed by atoms with E-state index in [-0.39, 0.29) is 18.2 Å². The molecular formula is C26H24N4O3S. The Balaban J connectivity index is 1.65. The Kier molecular flexibility index (Phi) is 7.62. The number of nitrogens with one attached hydrogen (secondary N) is 1. The number of methoxy groups -OCH3 is 1. The molecule has 34 heavy (non-hydrogen) atoms. The van der Waals surface area contributed by atoms with Gasteiger partial charge in [-0.2, -0.15) is 0 Å². The van der Waals surface area contributed by atoms with Gasteiger partial charge in [0.05, 0.1) is 25.4 Å². The molecule has 0 fully saturated rings. The zero-order chi connectivity index (χ0) is 23.8. The number of carbonyl (C=O) groups excluding carboxylic acids is 2. The summed E-state index contributed by atoms with van der Waals surface area (Å²) in [5.41, 5.74) is 2.12. The number of aromatic nitrogens is 2. The SMILES string of the molecule is COc1ccc(CNC(=O)[C@@H](c2ccncc2)N(C(=O)Cc2cccs2)c2cccnc2)cc1.